The number of hydrogen-bond acceptors (Lipinski definition) is 4. The number of carbonyl (C=O) groups is 1. The average Bonchev–Trinajstić information content (AvgIpc) is 2.97. The molecule has 0 aliphatic heterocycles. The largest absolute Gasteiger partial charge is 0.466 e. The van der Waals surface area contributed by atoms with E-state index in [1.54, 1.807) is 31.1 Å². The molecule has 0 unspecified atom stereocenters. The van der Waals surface area contributed by atoms with E-state index >= 15 is 0 Å². The number of rotatable bonds is 7. The highest BCUT2D eigenvalue weighted by Crippen LogP contribution is 2.22. The van der Waals surface area contributed by atoms with Gasteiger partial charge >= 0.3 is 5.97 Å². The minimum absolute atomic E-state index is 0.230. The molecule has 6 nitrogen and oxygen atoms in total. The summed E-state index contributed by atoms with van der Waals surface area (Å²) < 4.78 is 6.78. The van der Waals surface area contributed by atoms with E-state index < -0.39 is 5.54 Å². The number of amidine groups is 1. The lowest BCUT2D eigenvalue weighted by Gasteiger charge is -2.24. The van der Waals surface area contributed by atoms with E-state index in [1.165, 1.54) is 0 Å². The standard InChI is InChI=1S/C17H26N4O2/c1-7-23-16(22)10-17(4,5)21-12-15(11-20-21)13(2)8-9-19-14(3)18-6/h8-9,11-12H,2,7,10H2,1,3-6H3,(H,18,19)/b9-8-. The summed E-state index contributed by atoms with van der Waals surface area (Å²) in [6, 6.07) is 0. The normalized spacial score (nSPS) is 12.5. The van der Waals surface area contributed by atoms with Crippen molar-refractivity contribution in [2.75, 3.05) is 13.7 Å². The second kappa shape index (κ2) is 8.31. The molecule has 0 aromatic carbocycles. The molecule has 0 amide bonds. The number of aliphatic imine (C=N–C) groups is 1. The summed E-state index contributed by atoms with van der Waals surface area (Å²) >= 11 is 0. The summed E-state index contributed by atoms with van der Waals surface area (Å²) in [7, 11) is 1.72. The summed E-state index contributed by atoms with van der Waals surface area (Å²) in [6.45, 7) is 12.0. The van der Waals surface area contributed by atoms with Crippen LogP contribution < -0.4 is 5.32 Å². The first-order chi connectivity index (χ1) is 10.8. The van der Waals surface area contributed by atoms with Crippen LogP contribution in [0.3, 0.4) is 0 Å². The third-order valence-electron chi connectivity index (χ3n) is 3.37. The van der Waals surface area contributed by atoms with Gasteiger partial charge in [-0.25, -0.2) is 0 Å². The molecule has 0 spiro atoms. The molecule has 0 fully saturated rings. The van der Waals surface area contributed by atoms with Crippen molar-refractivity contribution in [3.05, 3.63) is 36.8 Å². The van der Waals surface area contributed by atoms with Gasteiger partial charge in [0, 0.05) is 25.0 Å². The fourth-order valence-corrected chi connectivity index (χ4v) is 1.89. The van der Waals surface area contributed by atoms with Crippen molar-refractivity contribution >= 4 is 17.4 Å². The fourth-order valence-electron chi connectivity index (χ4n) is 1.89. The van der Waals surface area contributed by atoms with E-state index in [2.05, 4.69) is 22.0 Å². The Kier molecular flexibility index (Phi) is 6.75. The maximum Gasteiger partial charge on any atom is 0.308 e. The zero-order valence-corrected chi connectivity index (χ0v) is 14.6. The van der Waals surface area contributed by atoms with Crippen LogP contribution in [0, 0.1) is 0 Å². The SMILES string of the molecule is C=C(/C=C\NC(C)=NC)c1cnn(C(C)(C)CC(=O)OCC)c1. The van der Waals surface area contributed by atoms with Crippen molar-refractivity contribution in [1.82, 2.24) is 15.1 Å². The molecule has 0 saturated carbocycles. The molecule has 1 heterocycles. The Hall–Kier alpha value is -2.37. The van der Waals surface area contributed by atoms with Gasteiger partial charge in [0.25, 0.3) is 0 Å². The number of ether oxygens (including phenoxy) is 1. The molecule has 1 rings (SSSR count). The number of esters is 1. The lowest BCUT2D eigenvalue weighted by molar-refractivity contribution is -0.145. The lowest BCUT2D eigenvalue weighted by Crippen LogP contribution is -2.30. The third-order valence-corrected chi connectivity index (χ3v) is 3.37. The number of allylic oxidation sites excluding steroid dienone is 2. The number of aromatic nitrogens is 2. The lowest BCUT2D eigenvalue weighted by atomic mass is 10.0. The number of nitrogens with one attached hydrogen (secondary N) is 1. The molecule has 1 aromatic heterocycles. The van der Waals surface area contributed by atoms with Crippen LogP contribution in [0.1, 0.15) is 39.7 Å². The molecule has 0 saturated heterocycles. The molecule has 0 bridgehead atoms. The van der Waals surface area contributed by atoms with Crippen molar-refractivity contribution < 1.29 is 9.53 Å². The van der Waals surface area contributed by atoms with Gasteiger partial charge in [-0.05, 0) is 39.3 Å². The highest BCUT2D eigenvalue weighted by Gasteiger charge is 2.26. The first kappa shape index (κ1) is 18.7. The predicted octanol–water partition coefficient (Wildman–Crippen LogP) is 2.74. The van der Waals surface area contributed by atoms with Crippen LogP contribution in [0.5, 0.6) is 0 Å². The van der Waals surface area contributed by atoms with Gasteiger partial charge in [0.2, 0.25) is 0 Å². The topological polar surface area (TPSA) is 68.5 Å². The van der Waals surface area contributed by atoms with Crippen LogP contribution in [0.25, 0.3) is 5.57 Å². The van der Waals surface area contributed by atoms with Crippen LogP contribution in [-0.4, -0.2) is 35.2 Å². The highest BCUT2D eigenvalue weighted by atomic mass is 16.5. The molecular formula is C17H26N4O2. The summed E-state index contributed by atoms with van der Waals surface area (Å²) in [5.74, 6) is 0.590. The van der Waals surface area contributed by atoms with Gasteiger partial charge in [-0.2, -0.15) is 5.10 Å². The van der Waals surface area contributed by atoms with Crippen LogP contribution in [0.4, 0.5) is 0 Å². The monoisotopic (exact) mass is 318 g/mol. The van der Waals surface area contributed by atoms with E-state index in [9.17, 15) is 4.79 Å². The van der Waals surface area contributed by atoms with Gasteiger partial charge in [0.05, 0.1) is 30.6 Å². The van der Waals surface area contributed by atoms with E-state index in [1.807, 2.05) is 33.0 Å². The maximum atomic E-state index is 11.7. The van der Waals surface area contributed by atoms with Crippen LogP contribution >= 0.6 is 0 Å². The second-order valence-electron chi connectivity index (χ2n) is 5.78. The second-order valence-corrected chi connectivity index (χ2v) is 5.78. The van der Waals surface area contributed by atoms with Crippen LogP contribution in [-0.2, 0) is 15.1 Å². The molecule has 0 radical (unpaired) electrons. The maximum absolute atomic E-state index is 11.7. The summed E-state index contributed by atoms with van der Waals surface area (Å²) in [5, 5.41) is 7.38. The molecule has 6 heteroatoms. The van der Waals surface area contributed by atoms with Crippen LogP contribution in [0.15, 0.2) is 36.2 Å². The Morgan fingerprint density at radius 2 is 2.26 bits per heavy atom. The Morgan fingerprint density at radius 3 is 2.87 bits per heavy atom. The zero-order valence-electron chi connectivity index (χ0n) is 14.6. The predicted molar refractivity (Wildman–Crippen MR) is 93.1 cm³/mol. The molecule has 23 heavy (non-hydrogen) atoms. The van der Waals surface area contributed by atoms with E-state index in [4.69, 9.17) is 4.74 Å². The van der Waals surface area contributed by atoms with Crippen LogP contribution in [0.2, 0.25) is 0 Å². The smallest absolute Gasteiger partial charge is 0.308 e. The molecular weight excluding hydrogens is 292 g/mol. The van der Waals surface area contributed by atoms with Crippen molar-refractivity contribution in [2.45, 2.75) is 39.7 Å². The minimum atomic E-state index is -0.460. The Balaban J connectivity index is 2.76. The van der Waals surface area contributed by atoms with E-state index in [0.29, 0.717) is 6.61 Å². The molecule has 1 N–H and O–H groups in total. The highest BCUT2D eigenvalue weighted by molar-refractivity contribution is 5.81. The zero-order chi connectivity index (χ0) is 17.5. The van der Waals surface area contributed by atoms with Gasteiger partial charge < -0.3 is 10.1 Å². The molecule has 0 aliphatic rings. The summed E-state index contributed by atoms with van der Waals surface area (Å²) in [6.07, 6.45) is 7.52. The molecule has 0 atom stereocenters. The van der Waals surface area contributed by atoms with Crippen molar-refractivity contribution in [3.8, 4) is 0 Å². The average molecular weight is 318 g/mol. The van der Waals surface area contributed by atoms with Gasteiger partial charge in [0.15, 0.2) is 0 Å². The first-order valence-corrected chi connectivity index (χ1v) is 7.56. The number of carbonyl (C=O) groups excluding carboxylic acids is 1. The van der Waals surface area contributed by atoms with Gasteiger partial charge in [0.1, 0.15) is 0 Å². The summed E-state index contributed by atoms with van der Waals surface area (Å²) in [5.41, 5.74) is 1.25. The summed E-state index contributed by atoms with van der Waals surface area (Å²) in [4.78, 5) is 15.7. The van der Waals surface area contributed by atoms with E-state index in [-0.39, 0.29) is 12.4 Å². The van der Waals surface area contributed by atoms with Crippen molar-refractivity contribution in [1.29, 1.82) is 0 Å². The molecule has 0 aliphatic carbocycles. The van der Waals surface area contributed by atoms with Gasteiger partial charge in [-0.1, -0.05) is 6.58 Å². The molecule has 1 aromatic rings. The number of nitrogens with zero attached hydrogens (tertiary/aromatic N) is 3. The first-order valence-electron chi connectivity index (χ1n) is 7.56. The van der Waals surface area contributed by atoms with Crippen molar-refractivity contribution in [3.63, 3.8) is 0 Å². The Morgan fingerprint density at radius 1 is 1.57 bits per heavy atom. The van der Waals surface area contributed by atoms with Gasteiger partial charge in [-0.15, -0.1) is 0 Å². The van der Waals surface area contributed by atoms with Crippen molar-refractivity contribution in [2.24, 2.45) is 4.99 Å². The van der Waals surface area contributed by atoms with Gasteiger partial charge in [-0.3, -0.25) is 14.5 Å². The number of hydrogen-bond donors (Lipinski definition) is 1. The molecule has 126 valence electrons. The quantitative estimate of drug-likeness (QED) is 0.363. The third kappa shape index (κ3) is 5.73. The van der Waals surface area contributed by atoms with E-state index in [0.717, 1.165) is 17.0 Å². The Bertz CT molecular complexity index is 612. The minimum Gasteiger partial charge on any atom is -0.466 e. The fraction of sp³-hybridized carbons (Fsp3) is 0.471. The Labute approximate surface area is 137 Å².